The van der Waals surface area contributed by atoms with Crippen molar-refractivity contribution in [1.29, 1.82) is 0 Å². The highest BCUT2D eigenvalue weighted by atomic mass is 15.1. The van der Waals surface area contributed by atoms with Gasteiger partial charge in [0, 0.05) is 17.1 Å². The number of anilines is 3. The Bertz CT molecular complexity index is 3640. The third kappa shape index (κ3) is 7.46. The molecule has 10 rings (SSSR count). The molecule has 0 aliphatic carbocycles. The van der Waals surface area contributed by atoms with E-state index in [9.17, 15) is 11.0 Å². The predicted octanol–water partition coefficient (Wildman–Crippen LogP) is 16.3. The van der Waals surface area contributed by atoms with Gasteiger partial charge in [0.2, 0.25) is 0 Å². The maximum Gasteiger partial charge on any atom is 0.0645 e. The molecule has 59 heavy (non-hydrogen) atoms. The largest absolute Gasteiger partial charge is 0.311 e. The highest BCUT2D eigenvalue weighted by molar-refractivity contribution is 5.97. The molecule has 0 aromatic heterocycles. The second-order valence-electron chi connectivity index (χ2n) is 14.0. The van der Waals surface area contributed by atoms with E-state index >= 15 is 0 Å². The second kappa shape index (κ2) is 16.0. The van der Waals surface area contributed by atoms with Gasteiger partial charge in [0.1, 0.15) is 0 Å². The normalized spacial score (nSPS) is 14.1. The van der Waals surface area contributed by atoms with Gasteiger partial charge in [-0.05, 0) is 138 Å². The van der Waals surface area contributed by atoms with Crippen LogP contribution in [0.1, 0.15) is 17.8 Å². The van der Waals surface area contributed by atoms with E-state index < -0.39 is 95.4 Å². The fourth-order valence-corrected chi connectivity index (χ4v) is 7.36. The molecule has 278 valence electrons. The van der Waals surface area contributed by atoms with Gasteiger partial charge in [0.25, 0.3) is 0 Å². The summed E-state index contributed by atoms with van der Waals surface area (Å²) in [5, 5.41) is 2.19. The lowest BCUT2D eigenvalue weighted by molar-refractivity contribution is 1.28. The molecule has 1 nitrogen and oxygen atoms in total. The molecular formula is C58H41N. The maximum absolute atomic E-state index is 9.72. The average molecular weight is 765 g/mol. The van der Waals surface area contributed by atoms with Crippen LogP contribution in [0.2, 0.25) is 0 Å². The van der Waals surface area contributed by atoms with Crippen molar-refractivity contribution in [1.82, 2.24) is 0 Å². The van der Waals surface area contributed by atoms with E-state index in [1.807, 2.05) is 115 Å². The Labute approximate surface area is 365 Å². The Balaban J connectivity index is 1.18. The third-order valence-electron chi connectivity index (χ3n) is 10.3. The Hall–Kier alpha value is -7.74. The van der Waals surface area contributed by atoms with E-state index in [2.05, 4.69) is 30.3 Å². The molecule has 0 aliphatic heterocycles. The SMILES string of the molecule is [2H]c1c([2H])c([2H])c(-c2c([2H])c([2H])c(N(c3ccc(-c4cccc(-c5cccc6ccccc56)c4)cc3)c3c([2H])c([2H])c(-c4cc(-c5ccccc5)cc(-c5ccccc5)c4)c([2H])c3[2H])c([2H])c2[2H])c([2H])c1[2H]. The van der Waals surface area contributed by atoms with E-state index in [-0.39, 0.29) is 16.9 Å². The van der Waals surface area contributed by atoms with Crippen LogP contribution < -0.4 is 4.90 Å². The van der Waals surface area contributed by atoms with Gasteiger partial charge < -0.3 is 4.90 Å². The summed E-state index contributed by atoms with van der Waals surface area (Å²) in [5.74, 6) is 0. The molecule has 10 aromatic rings. The Morgan fingerprint density at radius 3 is 1.34 bits per heavy atom. The lowest BCUT2D eigenvalue weighted by Gasteiger charge is -2.26. The van der Waals surface area contributed by atoms with Crippen molar-refractivity contribution in [3.8, 4) is 66.8 Å². The van der Waals surface area contributed by atoms with E-state index in [1.165, 1.54) is 4.90 Å². The molecule has 1 heteroatoms. The van der Waals surface area contributed by atoms with Gasteiger partial charge in [0.15, 0.2) is 0 Å². The first-order valence-corrected chi connectivity index (χ1v) is 19.2. The molecule has 0 aliphatic rings. The van der Waals surface area contributed by atoms with Gasteiger partial charge in [-0.1, -0.05) is 188 Å². The Morgan fingerprint density at radius 2 is 0.712 bits per heavy atom. The smallest absolute Gasteiger partial charge is 0.0645 e. The Morgan fingerprint density at radius 1 is 0.271 bits per heavy atom. The summed E-state index contributed by atoms with van der Waals surface area (Å²) in [6, 6.07) is 45.6. The van der Waals surface area contributed by atoms with Crippen molar-refractivity contribution in [3.63, 3.8) is 0 Å². The van der Waals surface area contributed by atoms with Crippen LogP contribution in [-0.4, -0.2) is 0 Å². The summed E-state index contributed by atoms with van der Waals surface area (Å²) < 4.78 is 118. The first-order chi connectivity index (χ1) is 34.7. The molecule has 0 saturated heterocycles. The van der Waals surface area contributed by atoms with Crippen LogP contribution in [0.4, 0.5) is 17.1 Å². The first-order valence-electron chi connectivity index (χ1n) is 25.7. The zero-order valence-electron chi connectivity index (χ0n) is 44.6. The number of nitrogens with zero attached hydrogens (tertiary/aromatic N) is 1. The molecular weight excluding hydrogens is 711 g/mol. The summed E-state index contributed by atoms with van der Waals surface area (Å²) in [6.45, 7) is 0. The van der Waals surface area contributed by atoms with Gasteiger partial charge in [-0.2, -0.15) is 0 Å². The lowest BCUT2D eigenvalue weighted by Crippen LogP contribution is -2.09. The van der Waals surface area contributed by atoms with Crippen LogP contribution in [0.25, 0.3) is 77.5 Å². The Kier molecular flexibility index (Phi) is 6.55. The van der Waals surface area contributed by atoms with Crippen molar-refractivity contribution in [2.75, 3.05) is 4.90 Å². The number of hydrogen-bond acceptors (Lipinski definition) is 1. The van der Waals surface area contributed by atoms with Crippen LogP contribution in [0.15, 0.2) is 248 Å². The molecule has 0 fully saturated rings. The van der Waals surface area contributed by atoms with Crippen LogP contribution in [-0.2, 0) is 0 Å². The van der Waals surface area contributed by atoms with E-state index in [1.54, 1.807) is 24.3 Å². The van der Waals surface area contributed by atoms with Crippen molar-refractivity contribution >= 4 is 27.8 Å². The van der Waals surface area contributed by atoms with Gasteiger partial charge in [-0.3, -0.25) is 0 Å². The fraction of sp³-hybridized carbons (Fsp3) is 0. The molecule has 0 heterocycles. The van der Waals surface area contributed by atoms with Gasteiger partial charge in [0.05, 0.1) is 17.8 Å². The standard InChI is InChI=1S/C58H41N/c1-4-14-42(15-5-1)45-26-32-54(33-27-45)59(55-34-28-46(29-35-55)49-22-12-23-50(38-49)58-25-13-21-48-20-10-11-24-57(48)58)56-36-30-47(31-37-56)53-40-51(43-16-6-2-7-17-43)39-52(41-53)44-18-8-3-9-19-44/h1-41H/i1D,4D,5D,14D,15D,26D,27D,30D,31D,32D,33D,36D,37D. The van der Waals surface area contributed by atoms with Crippen molar-refractivity contribution < 1.29 is 17.8 Å². The highest BCUT2D eigenvalue weighted by Gasteiger charge is 2.15. The van der Waals surface area contributed by atoms with Crippen molar-refractivity contribution in [3.05, 3.63) is 248 Å². The summed E-state index contributed by atoms with van der Waals surface area (Å²) in [4.78, 5) is 1.18. The van der Waals surface area contributed by atoms with Crippen LogP contribution >= 0.6 is 0 Å². The number of fused-ring (bicyclic) bond motifs is 1. The minimum atomic E-state index is -0.741. The first kappa shape index (κ1) is 24.1. The predicted molar refractivity (Wildman–Crippen MR) is 251 cm³/mol. The van der Waals surface area contributed by atoms with Crippen LogP contribution in [0.5, 0.6) is 0 Å². The monoisotopic (exact) mass is 764 g/mol. The number of hydrogen-bond donors (Lipinski definition) is 0. The summed E-state index contributed by atoms with van der Waals surface area (Å²) in [6.07, 6.45) is 0. The van der Waals surface area contributed by atoms with E-state index in [0.29, 0.717) is 5.56 Å². The van der Waals surface area contributed by atoms with Crippen LogP contribution in [0, 0.1) is 0 Å². The second-order valence-corrected chi connectivity index (χ2v) is 14.0. The lowest BCUT2D eigenvalue weighted by atomic mass is 9.93. The van der Waals surface area contributed by atoms with Crippen molar-refractivity contribution in [2.24, 2.45) is 0 Å². The van der Waals surface area contributed by atoms with Crippen molar-refractivity contribution in [2.45, 2.75) is 0 Å². The van der Waals surface area contributed by atoms with E-state index in [0.717, 1.165) is 55.3 Å². The zero-order valence-corrected chi connectivity index (χ0v) is 31.6. The maximum atomic E-state index is 9.72. The average Bonchev–Trinajstić information content (AvgIpc) is 3.41. The van der Waals surface area contributed by atoms with Gasteiger partial charge in [-0.25, -0.2) is 0 Å². The molecule has 0 N–H and O–H groups in total. The van der Waals surface area contributed by atoms with Gasteiger partial charge in [-0.15, -0.1) is 0 Å². The molecule has 0 radical (unpaired) electrons. The third-order valence-corrected chi connectivity index (χ3v) is 10.3. The summed E-state index contributed by atoms with van der Waals surface area (Å²) in [5.41, 5.74) is 5.65. The zero-order chi connectivity index (χ0) is 50.7. The molecule has 0 unspecified atom stereocenters. The molecule has 0 amide bonds. The molecule has 10 aromatic carbocycles. The molecule has 0 saturated carbocycles. The highest BCUT2D eigenvalue weighted by Crippen LogP contribution is 2.40. The van der Waals surface area contributed by atoms with E-state index in [4.69, 9.17) is 6.85 Å². The number of benzene rings is 10. The number of rotatable bonds is 9. The minimum absolute atomic E-state index is 0.00109. The molecule has 0 bridgehead atoms. The van der Waals surface area contributed by atoms with Gasteiger partial charge >= 0.3 is 0 Å². The molecule has 0 spiro atoms. The quantitative estimate of drug-likeness (QED) is 0.141. The minimum Gasteiger partial charge on any atom is -0.311 e. The molecule has 0 atom stereocenters. The summed E-state index contributed by atoms with van der Waals surface area (Å²) in [7, 11) is 0. The topological polar surface area (TPSA) is 3.24 Å². The fourth-order valence-electron chi connectivity index (χ4n) is 7.36. The summed E-state index contributed by atoms with van der Waals surface area (Å²) >= 11 is 0. The van der Waals surface area contributed by atoms with Crippen LogP contribution in [0.3, 0.4) is 0 Å².